The van der Waals surface area contributed by atoms with Crippen molar-refractivity contribution in [3.63, 3.8) is 0 Å². The molecule has 0 aliphatic heterocycles. The van der Waals surface area contributed by atoms with Crippen LogP contribution < -0.4 is 0 Å². The minimum Gasteiger partial charge on any atom is -0.278 e. The van der Waals surface area contributed by atoms with Crippen LogP contribution in [-0.4, -0.2) is 17.5 Å². The normalized spacial score (nSPS) is 8.83. The molecule has 1 aromatic carbocycles. The number of rotatable bonds is 0. The fourth-order valence-electron chi connectivity index (χ4n) is 0.883. The zero-order chi connectivity index (χ0) is 8.81. The van der Waals surface area contributed by atoms with Crippen LogP contribution >= 0.6 is 0 Å². The summed E-state index contributed by atoms with van der Waals surface area (Å²) in [5, 5.41) is 7.91. The molecular weight excluding hydrogens is 147 g/mol. The number of aromatic amines is 1. The van der Waals surface area contributed by atoms with E-state index < -0.39 is 0 Å². The lowest BCUT2D eigenvalue weighted by Gasteiger charge is -1.81. The second-order valence-corrected chi connectivity index (χ2v) is 2.53. The van der Waals surface area contributed by atoms with Crippen LogP contribution in [0.1, 0.15) is 0 Å². The maximum Gasteiger partial charge on any atom is 0.102 e. The molecule has 0 saturated carbocycles. The SMILES string of the molecule is C[B]C.c1ccc2[nH]ncc2c1. The number of hydrogen-bond donors (Lipinski definition) is 1. The van der Waals surface area contributed by atoms with Crippen LogP contribution in [0.25, 0.3) is 10.9 Å². The van der Waals surface area contributed by atoms with E-state index in [9.17, 15) is 0 Å². The van der Waals surface area contributed by atoms with Gasteiger partial charge in [-0.1, -0.05) is 31.8 Å². The molecule has 0 atom stereocenters. The highest BCUT2D eigenvalue weighted by atomic mass is 15.1. The molecule has 0 aliphatic rings. The Labute approximate surface area is 73.2 Å². The first-order valence-electron chi connectivity index (χ1n) is 4.00. The molecular formula is C9H12BN2. The van der Waals surface area contributed by atoms with Crippen molar-refractivity contribution in [1.82, 2.24) is 10.2 Å². The minimum atomic E-state index is 1.09. The number of nitrogens with one attached hydrogen (secondary N) is 1. The van der Waals surface area contributed by atoms with Gasteiger partial charge in [0.1, 0.15) is 7.28 Å². The van der Waals surface area contributed by atoms with Crippen LogP contribution in [0.15, 0.2) is 30.5 Å². The van der Waals surface area contributed by atoms with Crippen molar-refractivity contribution >= 4 is 18.2 Å². The topological polar surface area (TPSA) is 28.7 Å². The number of para-hydroxylation sites is 1. The van der Waals surface area contributed by atoms with Crippen molar-refractivity contribution in [2.75, 3.05) is 0 Å². The Hall–Kier alpha value is -1.25. The van der Waals surface area contributed by atoms with Gasteiger partial charge < -0.3 is 0 Å². The van der Waals surface area contributed by atoms with Crippen molar-refractivity contribution in [2.24, 2.45) is 0 Å². The first kappa shape index (κ1) is 8.85. The molecule has 0 spiro atoms. The van der Waals surface area contributed by atoms with Gasteiger partial charge in [0.15, 0.2) is 0 Å². The lowest BCUT2D eigenvalue weighted by Crippen LogP contribution is -1.63. The molecule has 1 heterocycles. The third kappa shape index (κ3) is 2.12. The molecule has 0 fully saturated rings. The van der Waals surface area contributed by atoms with E-state index in [0.29, 0.717) is 0 Å². The van der Waals surface area contributed by atoms with Gasteiger partial charge in [-0.15, -0.1) is 0 Å². The summed E-state index contributed by atoms with van der Waals surface area (Å²) in [4.78, 5) is 0. The Bertz CT molecular complexity index is 300. The second kappa shape index (κ2) is 4.60. The van der Waals surface area contributed by atoms with E-state index in [1.807, 2.05) is 51.4 Å². The van der Waals surface area contributed by atoms with Gasteiger partial charge in [0.05, 0.1) is 11.7 Å². The summed E-state index contributed by atoms with van der Waals surface area (Å²) in [7, 11) is 2.00. The average molecular weight is 159 g/mol. The number of nitrogens with zero attached hydrogens (tertiary/aromatic N) is 1. The molecule has 1 radical (unpaired) electrons. The number of aromatic nitrogens is 2. The first-order chi connectivity index (χ1) is 5.88. The van der Waals surface area contributed by atoms with Gasteiger partial charge in [0.25, 0.3) is 0 Å². The molecule has 0 bridgehead atoms. The quantitative estimate of drug-likeness (QED) is 0.587. The van der Waals surface area contributed by atoms with E-state index in [1.165, 1.54) is 0 Å². The van der Waals surface area contributed by atoms with Crippen molar-refractivity contribution in [3.8, 4) is 0 Å². The van der Waals surface area contributed by atoms with Gasteiger partial charge in [-0.05, 0) is 6.07 Å². The summed E-state index contributed by atoms with van der Waals surface area (Å²) in [6.45, 7) is 4.00. The van der Waals surface area contributed by atoms with E-state index in [-0.39, 0.29) is 0 Å². The standard InChI is InChI=1S/C7H6N2.C2H6B/c1-2-4-7-6(3-1)5-8-9-7;1-3-2/h1-5H,(H,8,9);1-2H3. The monoisotopic (exact) mass is 159 g/mol. The van der Waals surface area contributed by atoms with Crippen LogP contribution in [0.5, 0.6) is 0 Å². The molecule has 1 N–H and O–H groups in total. The Balaban J connectivity index is 0.000000213. The van der Waals surface area contributed by atoms with Gasteiger partial charge in [-0.2, -0.15) is 5.10 Å². The molecule has 2 nitrogen and oxygen atoms in total. The highest BCUT2D eigenvalue weighted by molar-refractivity contribution is 6.31. The number of H-pyrrole nitrogens is 1. The molecule has 2 rings (SSSR count). The maximum atomic E-state index is 3.88. The summed E-state index contributed by atoms with van der Waals surface area (Å²) in [6.07, 6.45) is 1.81. The summed E-state index contributed by atoms with van der Waals surface area (Å²) in [6, 6.07) is 8.01. The zero-order valence-electron chi connectivity index (χ0n) is 7.41. The lowest BCUT2D eigenvalue weighted by molar-refractivity contribution is 1.12. The number of fused-ring (bicyclic) bond motifs is 1. The lowest BCUT2D eigenvalue weighted by atomic mass is 9.88. The van der Waals surface area contributed by atoms with Crippen LogP contribution in [-0.2, 0) is 0 Å². The van der Waals surface area contributed by atoms with Crippen LogP contribution in [0.2, 0.25) is 13.6 Å². The van der Waals surface area contributed by atoms with Crippen molar-refractivity contribution in [2.45, 2.75) is 13.6 Å². The van der Waals surface area contributed by atoms with Crippen LogP contribution in [0, 0.1) is 0 Å². The van der Waals surface area contributed by atoms with Crippen molar-refractivity contribution in [3.05, 3.63) is 30.5 Å². The molecule has 0 aliphatic carbocycles. The largest absolute Gasteiger partial charge is 0.278 e. The Kier molecular flexibility index (Phi) is 3.39. The predicted octanol–water partition coefficient (Wildman–Crippen LogP) is 2.35. The summed E-state index contributed by atoms with van der Waals surface area (Å²) < 4.78 is 0. The van der Waals surface area contributed by atoms with Crippen LogP contribution in [0.4, 0.5) is 0 Å². The summed E-state index contributed by atoms with van der Waals surface area (Å²) in [5.74, 6) is 0. The molecule has 0 saturated heterocycles. The van der Waals surface area contributed by atoms with E-state index in [1.54, 1.807) is 0 Å². The van der Waals surface area contributed by atoms with Crippen LogP contribution in [0.3, 0.4) is 0 Å². The van der Waals surface area contributed by atoms with Gasteiger partial charge in [-0.25, -0.2) is 0 Å². The Morgan fingerprint density at radius 2 is 1.92 bits per heavy atom. The fraction of sp³-hybridized carbons (Fsp3) is 0.222. The molecule has 0 amide bonds. The first-order valence-corrected chi connectivity index (χ1v) is 4.00. The third-order valence-corrected chi connectivity index (χ3v) is 1.35. The van der Waals surface area contributed by atoms with E-state index in [0.717, 1.165) is 10.9 Å². The van der Waals surface area contributed by atoms with Gasteiger partial charge in [0.2, 0.25) is 0 Å². The summed E-state index contributed by atoms with van der Waals surface area (Å²) in [5.41, 5.74) is 1.09. The second-order valence-electron chi connectivity index (χ2n) is 2.53. The highest BCUT2D eigenvalue weighted by Gasteiger charge is 1.88. The van der Waals surface area contributed by atoms with Gasteiger partial charge in [0, 0.05) is 5.39 Å². The Morgan fingerprint density at radius 3 is 2.58 bits per heavy atom. The van der Waals surface area contributed by atoms with E-state index >= 15 is 0 Å². The molecule has 3 heteroatoms. The molecule has 61 valence electrons. The molecule has 12 heavy (non-hydrogen) atoms. The molecule has 1 aromatic heterocycles. The van der Waals surface area contributed by atoms with E-state index in [2.05, 4.69) is 10.2 Å². The van der Waals surface area contributed by atoms with Crippen molar-refractivity contribution in [1.29, 1.82) is 0 Å². The number of hydrogen-bond acceptors (Lipinski definition) is 1. The number of benzene rings is 1. The smallest absolute Gasteiger partial charge is 0.102 e. The Morgan fingerprint density at radius 1 is 1.25 bits per heavy atom. The fourth-order valence-corrected chi connectivity index (χ4v) is 0.883. The van der Waals surface area contributed by atoms with Gasteiger partial charge >= 0.3 is 0 Å². The van der Waals surface area contributed by atoms with Crippen molar-refractivity contribution < 1.29 is 0 Å². The zero-order valence-corrected chi connectivity index (χ0v) is 7.41. The third-order valence-electron chi connectivity index (χ3n) is 1.35. The highest BCUT2D eigenvalue weighted by Crippen LogP contribution is 2.06. The molecule has 0 unspecified atom stereocenters. The van der Waals surface area contributed by atoms with E-state index in [4.69, 9.17) is 0 Å². The maximum absolute atomic E-state index is 3.88. The van der Waals surface area contributed by atoms with Gasteiger partial charge in [-0.3, -0.25) is 5.10 Å². The summed E-state index contributed by atoms with van der Waals surface area (Å²) >= 11 is 0. The average Bonchev–Trinajstić information content (AvgIpc) is 2.52. The minimum absolute atomic E-state index is 1.09. The predicted molar refractivity (Wildman–Crippen MR) is 53.6 cm³/mol. The molecule has 2 aromatic rings.